The predicted molar refractivity (Wildman–Crippen MR) is 60.5 cm³/mol. The first-order valence-electron chi connectivity index (χ1n) is 5.29. The van der Waals surface area contributed by atoms with Crippen LogP contribution in [-0.2, 0) is 4.74 Å². The lowest BCUT2D eigenvalue weighted by Crippen LogP contribution is -2.25. The number of rotatable bonds is 5. The second kappa shape index (κ2) is 5.40. The van der Waals surface area contributed by atoms with Crippen molar-refractivity contribution in [2.24, 2.45) is 0 Å². The molecule has 0 fully saturated rings. The van der Waals surface area contributed by atoms with Gasteiger partial charge < -0.3 is 10.1 Å². The maximum atomic E-state index is 12.9. The Kier molecular flexibility index (Phi) is 4.40. The Bertz CT molecular complexity index is 370. The van der Waals surface area contributed by atoms with Gasteiger partial charge >= 0.3 is 0 Å². The number of hydrogen-bond donors (Lipinski definition) is 1. The fraction of sp³-hybridized carbons (Fsp3) is 0.500. The van der Waals surface area contributed by atoms with E-state index in [1.165, 1.54) is 0 Å². The first kappa shape index (κ1) is 13.8. The largest absolute Gasteiger partial charge is 0.385 e. The van der Waals surface area contributed by atoms with E-state index in [0.717, 1.165) is 12.1 Å². The molecule has 0 atom stereocenters. The van der Waals surface area contributed by atoms with Crippen LogP contribution in [0.1, 0.15) is 20.3 Å². The first-order valence-corrected chi connectivity index (χ1v) is 5.29. The number of ether oxygens (including phenoxy) is 1. The van der Waals surface area contributed by atoms with Crippen molar-refractivity contribution in [2.45, 2.75) is 25.9 Å². The maximum Gasteiger partial charge on any atom is 0.194 e. The van der Waals surface area contributed by atoms with Crippen molar-refractivity contribution in [3.63, 3.8) is 0 Å². The van der Waals surface area contributed by atoms with E-state index < -0.39 is 17.5 Å². The Morgan fingerprint density at radius 1 is 1.18 bits per heavy atom. The molecule has 17 heavy (non-hydrogen) atoms. The van der Waals surface area contributed by atoms with Crippen molar-refractivity contribution >= 4 is 5.69 Å². The molecule has 0 radical (unpaired) electrons. The summed E-state index contributed by atoms with van der Waals surface area (Å²) in [5.74, 6) is -3.84. The van der Waals surface area contributed by atoms with Gasteiger partial charge in [-0.05, 0) is 20.3 Å². The quantitative estimate of drug-likeness (QED) is 0.806. The predicted octanol–water partition coefficient (Wildman–Crippen LogP) is 3.33. The van der Waals surface area contributed by atoms with E-state index in [2.05, 4.69) is 5.32 Å². The highest BCUT2D eigenvalue weighted by atomic mass is 19.2. The van der Waals surface area contributed by atoms with Gasteiger partial charge in [0.25, 0.3) is 0 Å². The molecule has 0 amide bonds. The summed E-state index contributed by atoms with van der Waals surface area (Å²) in [4.78, 5) is 0. The Balaban J connectivity index is 2.59. The third-order valence-corrected chi connectivity index (χ3v) is 2.59. The normalized spacial score (nSPS) is 11.6. The summed E-state index contributed by atoms with van der Waals surface area (Å²) in [6, 6.07) is 1.86. The summed E-state index contributed by atoms with van der Waals surface area (Å²) in [5.41, 5.74) is -0.0993. The Labute approximate surface area is 98.8 Å². The average Bonchev–Trinajstić information content (AvgIpc) is 2.25. The van der Waals surface area contributed by atoms with E-state index >= 15 is 0 Å². The molecule has 0 unspecified atom stereocenters. The molecule has 0 spiro atoms. The molecule has 1 aromatic rings. The number of anilines is 1. The van der Waals surface area contributed by atoms with Crippen LogP contribution < -0.4 is 5.32 Å². The minimum Gasteiger partial charge on any atom is -0.385 e. The molecular formula is C12H16F3NO. The molecule has 0 saturated heterocycles. The van der Waals surface area contributed by atoms with E-state index in [-0.39, 0.29) is 11.3 Å². The summed E-state index contributed by atoms with van der Waals surface area (Å²) in [6.45, 7) is 4.28. The summed E-state index contributed by atoms with van der Waals surface area (Å²) >= 11 is 0. The monoisotopic (exact) mass is 247 g/mol. The van der Waals surface area contributed by atoms with Gasteiger partial charge in [0, 0.05) is 31.5 Å². The number of methoxy groups -OCH3 is 1. The maximum absolute atomic E-state index is 12.9. The Morgan fingerprint density at radius 3 is 2.18 bits per heavy atom. The number of halogens is 3. The van der Waals surface area contributed by atoms with Crippen LogP contribution in [0.2, 0.25) is 0 Å². The minimum absolute atomic E-state index is 0.216. The molecule has 0 heterocycles. The number of nitrogens with one attached hydrogen (secondary N) is 1. The van der Waals surface area contributed by atoms with Gasteiger partial charge in [0.1, 0.15) is 0 Å². The van der Waals surface area contributed by atoms with Gasteiger partial charge in [-0.15, -0.1) is 0 Å². The Hall–Kier alpha value is -1.23. The molecule has 5 heteroatoms. The summed E-state index contributed by atoms with van der Waals surface area (Å²) in [6.07, 6.45) is 0.657. The highest BCUT2D eigenvalue weighted by Crippen LogP contribution is 2.18. The highest BCUT2D eigenvalue weighted by Gasteiger charge is 2.16. The molecule has 1 rings (SSSR count). The van der Waals surface area contributed by atoms with Crippen LogP contribution in [0.4, 0.5) is 18.9 Å². The van der Waals surface area contributed by atoms with Crippen LogP contribution in [-0.4, -0.2) is 19.3 Å². The summed E-state index contributed by atoms with van der Waals surface area (Å²) in [7, 11) is 1.59. The molecule has 1 N–H and O–H groups in total. The smallest absolute Gasteiger partial charge is 0.194 e. The molecule has 1 aromatic carbocycles. The van der Waals surface area contributed by atoms with Crippen LogP contribution in [0.3, 0.4) is 0 Å². The zero-order valence-corrected chi connectivity index (χ0v) is 10.1. The zero-order chi connectivity index (χ0) is 13.1. The first-order chi connectivity index (χ1) is 7.85. The lowest BCUT2D eigenvalue weighted by Gasteiger charge is -2.23. The molecule has 0 aliphatic heterocycles. The number of hydrogen-bond acceptors (Lipinski definition) is 2. The molecule has 0 aliphatic carbocycles. The van der Waals surface area contributed by atoms with Gasteiger partial charge in [0.05, 0.1) is 5.60 Å². The minimum atomic E-state index is -1.45. The second-order valence-corrected chi connectivity index (χ2v) is 4.39. The third-order valence-electron chi connectivity index (χ3n) is 2.59. The van der Waals surface area contributed by atoms with Gasteiger partial charge in [-0.2, -0.15) is 0 Å². The molecule has 0 aliphatic rings. The van der Waals surface area contributed by atoms with Crippen LogP contribution in [0.25, 0.3) is 0 Å². The van der Waals surface area contributed by atoms with Gasteiger partial charge in [0.2, 0.25) is 0 Å². The highest BCUT2D eigenvalue weighted by molar-refractivity contribution is 5.44. The second-order valence-electron chi connectivity index (χ2n) is 4.39. The zero-order valence-electron chi connectivity index (χ0n) is 10.1. The van der Waals surface area contributed by atoms with Crippen LogP contribution in [0.15, 0.2) is 12.1 Å². The van der Waals surface area contributed by atoms with Gasteiger partial charge in [0.15, 0.2) is 17.5 Å². The third kappa shape index (κ3) is 3.93. The van der Waals surface area contributed by atoms with Crippen molar-refractivity contribution in [1.82, 2.24) is 0 Å². The van der Waals surface area contributed by atoms with Crippen molar-refractivity contribution < 1.29 is 17.9 Å². The van der Waals surface area contributed by atoms with E-state index in [9.17, 15) is 13.2 Å². The SMILES string of the molecule is COC(C)(C)CCNc1cc(F)c(F)c(F)c1. The van der Waals surface area contributed by atoms with Crippen LogP contribution >= 0.6 is 0 Å². The topological polar surface area (TPSA) is 21.3 Å². The molecule has 96 valence electrons. The van der Waals surface area contributed by atoms with Crippen molar-refractivity contribution in [3.8, 4) is 0 Å². The Morgan fingerprint density at radius 2 is 1.71 bits per heavy atom. The van der Waals surface area contributed by atoms with Crippen molar-refractivity contribution in [1.29, 1.82) is 0 Å². The fourth-order valence-corrected chi connectivity index (χ4v) is 1.27. The van der Waals surface area contributed by atoms with Gasteiger partial charge in [-0.3, -0.25) is 0 Å². The van der Waals surface area contributed by atoms with E-state index in [0.29, 0.717) is 13.0 Å². The molecular weight excluding hydrogens is 231 g/mol. The number of benzene rings is 1. The van der Waals surface area contributed by atoms with Gasteiger partial charge in [-0.1, -0.05) is 0 Å². The summed E-state index contributed by atoms with van der Waals surface area (Å²) in [5, 5.41) is 2.82. The van der Waals surface area contributed by atoms with E-state index in [4.69, 9.17) is 4.74 Å². The standard InChI is InChI=1S/C12H16F3NO/c1-12(2,17-3)4-5-16-8-6-9(13)11(15)10(14)7-8/h6-7,16H,4-5H2,1-3H3. The molecule has 2 nitrogen and oxygen atoms in total. The molecule has 0 aromatic heterocycles. The van der Waals surface area contributed by atoms with Crippen molar-refractivity contribution in [3.05, 3.63) is 29.6 Å². The fourth-order valence-electron chi connectivity index (χ4n) is 1.27. The van der Waals surface area contributed by atoms with Crippen molar-refractivity contribution in [2.75, 3.05) is 19.0 Å². The lowest BCUT2D eigenvalue weighted by molar-refractivity contribution is 0.0185. The molecule has 0 saturated carbocycles. The lowest BCUT2D eigenvalue weighted by atomic mass is 10.1. The molecule has 0 bridgehead atoms. The van der Waals surface area contributed by atoms with Gasteiger partial charge in [-0.25, -0.2) is 13.2 Å². The van der Waals surface area contributed by atoms with Crippen LogP contribution in [0.5, 0.6) is 0 Å². The summed E-state index contributed by atoms with van der Waals surface area (Å²) < 4.78 is 43.6. The van der Waals surface area contributed by atoms with E-state index in [1.807, 2.05) is 13.8 Å². The average molecular weight is 247 g/mol. The van der Waals surface area contributed by atoms with E-state index in [1.54, 1.807) is 7.11 Å². The van der Waals surface area contributed by atoms with Crippen LogP contribution in [0, 0.1) is 17.5 Å².